The number of rotatable bonds is 5. The Hall–Kier alpha value is -4.30. The van der Waals surface area contributed by atoms with Crippen molar-refractivity contribution in [3.63, 3.8) is 0 Å². The number of fused-ring (bicyclic) bond motifs is 6. The molecule has 7 rings (SSSR count). The van der Waals surface area contributed by atoms with Crippen LogP contribution in [-0.4, -0.2) is 61.0 Å². The van der Waals surface area contributed by atoms with E-state index in [4.69, 9.17) is 4.98 Å². The molecule has 2 aliphatic heterocycles. The second-order valence-corrected chi connectivity index (χ2v) is 10.4. The molecule has 0 radical (unpaired) electrons. The highest BCUT2D eigenvalue weighted by molar-refractivity contribution is 5.92. The van der Waals surface area contributed by atoms with E-state index in [-0.39, 0.29) is 11.5 Å². The van der Waals surface area contributed by atoms with Crippen molar-refractivity contribution in [3.8, 4) is 11.5 Å². The molecule has 0 unspecified atom stereocenters. The Kier molecular flexibility index (Phi) is 5.97. The van der Waals surface area contributed by atoms with Crippen LogP contribution < -0.4 is 5.56 Å². The number of amides is 1. The molecule has 5 aromatic rings. The summed E-state index contributed by atoms with van der Waals surface area (Å²) in [6.07, 6.45) is 3.00. The molecule has 8 nitrogen and oxygen atoms in total. The molecule has 1 amide bonds. The van der Waals surface area contributed by atoms with E-state index in [9.17, 15) is 9.59 Å². The normalized spacial score (nSPS) is 15.4. The fraction of sp³-hybridized carbons (Fsp3) is 0.290. The second-order valence-electron chi connectivity index (χ2n) is 10.4. The van der Waals surface area contributed by atoms with Crippen molar-refractivity contribution >= 4 is 27.7 Å². The first kappa shape index (κ1) is 23.8. The quantitative estimate of drug-likeness (QED) is 0.355. The number of pyridine rings is 1. The summed E-state index contributed by atoms with van der Waals surface area (Å²) >= 11 is 0. The van der Waals surface area contributed by atoms with Crippen LogP contribution in [-0.2, 0) is 30.8 Å². The Morgan fingerprint density at radius 1 is 0.846 bits per heavy atom. The van der Waals surface area contributed by atoms with E-state index in [2.05, 4.69) is 32.7 Å². The minimum atomic E-state index is -0.00212. The summed E-state index contributed by atoms with van der Waals surface area (Å²) in [5, 5.41) is 1.82. The standard InChI is InChI=1S/C31H30N6O2/c38-28(35-19-17-34(18-20-35)21-22-7-5-6-14-32-22)13-16-36-27-11-4-2-8-23(27)24-12-15-37-30(29(24)36)33-26-10-3-1-9-25(26)31(37)39/h1-11,14H,12-13,15-21H2. The van der Waals surface area contributed by atoms with Gasteiger partial charge in [-0.05, 0) is 42.3 Å². The molecule has 8 heteroatoms. The maximum absolute atomic E-state index is 13.4. The number of carbonyl (C=O) groups excluding carboxylic acids is 1. The maximum atomic E-state index is 13.4. The molecule has 0 saturated carbocycles. The molecule has 1 fully saturated rings. The van der Waals surface area contributed by atoms with E-state index < -0.39 is 0 Å². The van der Waals surface area contributed by atoms with E-state index in [1.807, 2.05) is 64.2 Å². The van der Waals surface area contributed by atoms with E-state index >= 15 is 0 Å². The van der Waals surface area contributed by atoms with Crippen LogP contribution in [0, 0.1) is 0 Å². The highest BCUT2D eigenvalue weighted by Crippen LogP contribution is 2.36. The van der Waals surface area contributed by atoms with Gasteiger partial charge >= 0.3 is 0 Å². The number of hydrogen-bond acceptors (Lipinski definition) is 5. The number of aromatic nitrogens is 4. The predicted octanol–water partition coefficient (Wildman–Crippen LogP) is 3.70. The number of benzene rings is 2. The second kappa shape index (κ2) is 9.78. The van der Waals surface area contributed by atoms with Gasteiger partial charge in [-0.25, -0.2) is 4.98 Å². The van der Waals surface area contributed by atoms with Gasteiger partial charge in [-0.2, -0.15) is 0 Å². The summed E-state index contributed by atoms with van der Waals surface area (Å²) < 4.78 is 4.02. The molecule has 5 heterocycles. The third-order valence-electron chi connectivity index (χ3n) is 8.12. The Labute approximate surface area is 226 Å². The zero-order valence-corrected chi connectivity index (χ0v) is 21.8. The summed E-state index contributed by atoms with van der Waals surface area (Å²) in [7, 11) is 0. The lowest BCUT2D eigenvalue weighted by Crippen LogP contribution is -2.48. The Balaban J connectivity index is 1.15. The fourth-order valence-corrected chi connectivity index (χ4v) is 6.14. The zero-order valence-electron chi connectivity index (χ0n) is 21.8. The van der Waals surface area contributed by atoms with E-state index in [0.717, 1.165) is 56.0 Å². The van der Waals surface area contributed by atoms with Crippen LogP contribution in [0.4, 0.5) is 0 Å². The minimum Gasteiger partial charge on any atom is -0.340 e. The molecule has 0 atom stereocenters. The largest absolute Gasteiger partial charge is 0.340 e. The van der Waals surface area contributed by atoms with Crippen molar-refractivity contribution in [1.82, 2.24) is 28.9 Å². The zero-order chi connectivity index (χ0) is 26.3. The Morgan fingerprint density at radius 2 is 1.62 bits per heavy atom. The van der Waals surface area contributed by atoms with Gasteiger partial charge in [0.05, 0.1) is 22.3 Å². The molecule has 1 saturated heterocycles. The number of carbonyl (C=O) groups is 1. The topological polar surface area (TPSA) is 76.3 Å². The molecular formula is C31H30N6O2. The molecule has 39 heavy (non-hydrogen) atoms. The van der Waals surface area contributed by atoms with Crippen molar-refractivity contribution in [1.29, 1.82) is 0 Å². The molecule has 196 valence electrons. The first-order chi connectivity index (χ1) is 19.2. The first-order valence-electron chi connectivity index (χ1n) is 13.7. The van der Waals surface area contributed by atoms with Crippen LogP contribution in [0.15, 0.2) is 77.7 Å². The van der Waals surface area contributed by atoms with Gasteiger partial charge in [0.15, 0.2) is 5.82 Å². The van der Waals surface area contributed by atoms with Crippen LogP contribution in [0.5, 0.6) is 0 Å². The van der Waals surface area contributed by atoms with Crippen molar-refractivity contribution in [2.24, 2.45) is 0 Å². The number of aryl methyl sites for hydroxylation is 2. The predicted molar refractivity (Wildman–Crippen MR) is 151 cm³/mol. The number of hydrogen-bond donors (Lipinski definition) is 0. The van der Waals surface area contributed by atoms with Gasteiger partial charge in [0.1, 0.15) is 0 Å². The SMILES string of the molecule is O=C(CCn1c2c(c3ccccc31)CCn1c-2nc2ccccc2c1=O)N1CCN(Cc2ccccn2)CC1. The molecule has 2 aliphatic rings. The average Bonchev–Trinajstić information content (AvgIpc) is 3.31. The van der Waals surface area contributed by atoms with Crippen LogP contribution in [0.1, 0.15) is 17.7 Å². The van der Waals surface area contributed by atoms with E-state index in [0.29, 0.717) is 36.2 Å². The smallest absolute Gasteiger partial charge is 0.261 e. The molecule has 0 spiro atoms. The maximum Gasteiger partial charge on any atom is 0.261 e. The van der Waals surface area contributed by atoms with Crippen LogP contribution in [0.3, 0.4) is 0 Å². The highest BCUT2D eigenvalue weighted by Gasteiger charge is 2.28. The lowest BCUT2D eigenvalue weighted by molar-refractivity contribution is -0.133. The van der Waals surface area contributed by atoms with Gasteiger partial charge in [-0.3, -0.25) is 24.0 Å². The van der Waals surface area contributed by atoms with E-state index in [1.165, 1.54) is 10.9 Å². The van der Waals surface area contributed by atoms with Gasteiger partial charge in [-0.1, -0.05) is 36.4 Å². The summed E-state index contributed by atoms with van der Waals surface area (Å²) in [4.78, 5) is 40.5. The lowest BCUT2D eigenvalue weighted by atomic mass is 10.0. The monoisotopic (exact) mass is 518 g/mol. The van der Waals surface area contributed by atoms with Crippen LogP contribution in [0.2, 0.25) is 0 Å². The molecule has 0 aliphatic carbocycles. The average molecular weight is 519 g/mol. The van der Waals surface area contributed by atoms with Gasteiger partial charge in [0.2, 0.25) is 5.91 Å². The summed E-state index contributed by atoms with van der Waals surface area (Å²) in [6.45, 7) is 5.10. The highest BCUT2D eigenvalue weighted by atomic mass is 16.2. The minimum absolute atomic E-state index is 0.00212. The van der Waals surface area contributed by atoms with Gasteiger partial charge in [0, 0.05) is 69.3 Å². The fourth-order valence-electron chi connectivity index (χ4n) is 6.14. The van der Waals surface area contributed by atoms with Crippen molar-refractivity contribution in [3.05, 3.63) is 94.5 Å². The van der Waals surface area contributed by atoms with Crippen molar-refractivity contribution in [2.75, 3.05) is 26.2 Å². The van der Waals surface area contributed by atoms with Gasteiger partial charge in [-0.15, -0.1) is 0 Å². The summed E-state index contributed by atoms with van der Waals surface area (Å²) in [6, 6.07) is 21.9. The van der Waals surface area contributed by atoms with E-state index in [1.54, 1.807) is 0 Å². The summed E-state index contributed by atoms with van der Waals surface area (Å²) in [5.74, 6) is 0.866. The number of piperazine rings is 1. The van der Waals surface area contributed by atoms with Crippen molar-refractivity contribution in [2.45, 2.75) is 32.5 Å². The third-order valence-corrected chi connectivity index (χ3v) is 8.12. The molecular weight excluding hydrogens is 488 g/mol. The first-order valence-corrected chi connectivity index (χ1v) is 13.7. The molecule has 3 aromatic heterocycles. The van der Waals surface area contributed by atoms with Gasteiger partial charge < -0.3 is 9.47 Å². The lowest BCUT2D eigenvalue weighted by Gasteiger charge is -2.34. The Bertz CT molecular complexity index is 1750. The number of para-hydroxylation sites is 2. The van der Waals surface area contributed by atoms with Crippen molar-refractivity contribution < 1.29 is 4.79 Å². The molecule has 0 N–H and O–H groups in total. The number of nitrogens with zero attached hydrogens (tertiary/aromatic N) is 6. The molecule has 2 aromatic carbocycles. The van der Waals surface area contributed by atoms with Crippen LogP contribution >= 0.6 is 0 Å². The van der Waals surface area contributed by atoms with Gasteiger partial charge in [0.25, 0.3) is 5.56 Å². The van der Waals surface area contributed by atoms with Crippen LogP contribution in [0.25, 0.3) is 33.3 Å². The summed E-state index contributed by atoms with van der Waals surface area (Å²) in [5.41, 5.74) is 5.03. The third kappa shape index (κ3) is 4.21. The Morgan fingerprint density at radius 3 is 2.44 bits per heavy atom. The molecule has 0 bridgehead atoms.